The van der Waals surface area contributed by atoms with Crippen molar-refractivity contribution in [1.29, 1.82) is 0 Å². The van der Waals surface area contributed by atoms with E-state index in [9.17, 15) is 8.42 Å². The molecule has 2 aromatic heterocycles. The van der Waals surface area contributed by atoms with Gasteiger partial charge in [0, 0.05) is 44.0 Å². The molecule has 0 aliphatic carbocycles. The van der Waals surface area contributed by atoms with Crippen molar-refractivity contribution in [3.63, 3.8) is 0 Å². The predicted molar refractivity (Wildman–Crippen MR) is 248 cm³/mol. The molecule has 0 unspecified atom stereocenters. The van der Waals surface area contributed by atoms with Crippen LogP contribution in [0, 0.1) is 0 Å². The molecule has 1 aliphatic heterocycles. The maximum absolute atomic E-state index is 13.0. The molecule has 11 aromatic rings. The number of rotatable bonds is 6. The van der Waals surface area contributed by atoms with E-state index in [1.165, 1.54) is 21.5 Å². The van der Waals surface area contributed by atoms with E-state index in [4.69, 9.17) is 0 Å². The van der Waals surface area contributed by atoms with Crippen LogP contribution in [0.2, 0.25) is 0 Å². The maximum Gasteiger partial charge on any atom is 0.364 e. The first-order chi connectivity index (χ1) is 30.0. The summed E-state index contributed by atoms with van der Waals surface area (Å²) in [6, 6.07) is 71.5. The summed E-state index contributed by atoms with van der Waals surface area (Å²) in [5.41, 5.74) is 14.3. The van der Waals surface area contributed by atoms with Crippen LogP contribution in [-0.4, -0.2) is 17.6 Å². The number of para-hydroxylation sites is 4. The van der Waals surface area contributed by atoms with Gasteiger partial charge in [-0.3, -0.25) is 0 Å². The molecule has 9 aromatic carbocycles. The SMILES string of the molecule is O=S1(=O)N=c2c(-c3ccc(-c4ccc5c(c4)c4ccccc4n5-c4ccccc4)cc3)ccc(-c3ccc(-c4ccc5c(c4)c4ccccc4n5-c4ccccc4)cc3)c2=N1. The number of fused-ring (bicyclic) bond motifs is 7. The Morgan fingerprint density at radius 3 is 1.08 bits per heavy atom. The van der Waals surface area contributed by atoms with Crippen LogP contribution < -0.4 is 10.7 Å². The van der Waals surface area contributed by atoms with Crippen LogP contribution in [0.3, 0.4) is 0 Å². The number of hydrogen-bond donors (Lipinski definition) is 0. The number of benzene rings is 9. The van der Waals surface area contributed by atoms with Gasteiger partial charge in [-0.25, -0.2) is 0 Å². The summed E-state index contributed by atoms with van der Waals surface area (Å²) in [7, 11) is -4.04. The third kappa shape index (κ3) is 5.74. The van der Waals surface area contributed by atoms with E-state index in [0.717, 1.165) is 77.9 Å². The van der Waals surface area contributed by atoms with Crippen molar-refractivity contribution < 1.29 is 8.42 Å². The lowest BCUT2D eigenvalue weighted by Crippen LogP contribution is -2.26. The predicted octanol–water partition coefficient (Wildman–Crippen LogP) is 12.0. The fraction of sp³-hybridized carbons (Fsp3) is 0. The van der Waals surface area contributed by atoms with Crippen molar-refractivity contribution in [2.24, 2.45) is 8.80 Å². The maximum atomic E-state index is 13.0. The first-order valence-electron chi connectivity index (χ1n) is 20.2. The van der Waals surface area contributed by atoms with Crippen LogP contribution in [-0.2, 0) is 10.2 Å². The van der Waals surface area contributed by atoms with E-state index in [1.807, 2.05) is 48.5 Å². The molecule has 3 heterocycles. The molecule has 0 N–H and O–H groups in total. The minimum absolute atomic E-state index is 0.365. The van der Waals surface area contributed by atoms with Crippen molar-refractivity contribution in [3.05, 3.63) is 217 Å². The molecule has 0 saturated heterocycles. The normalized spacial score (nSPS) is 13.1. The van der Waals surface area contributed by atoms with E-state index >= 15 is 0 Å². The summed E-state index contributed by atoms with van der Waals surface area (Å²) in [5, 5.41) is 5.49. The van der Waals surface area contributed by atoms with Gasteiger partial charge >= 0.3 is 10.2 Å². The molecule has 6 nitrogen and oxygen atoms in total. The molecule has 0 spiro atoms. The van der Waals surface area contributed by atoms with Gasteiger partial charge in [0.2, 0.25) is 0 Å². The average Bonchev–Trinajstić information content (AvgIpc) is 3.95. The van der Waals surface area contributed by atoms with Gasteiger partial charge in [0.05, 0.1) is 22.1 Å². The minimum atomic E-state index is -4.04. The quantitative estimate of drug-likeness (QED) is 0.168. The molecule has 0 radical (unpaired) electrons. The molecule has 61 heavy (non-hydrogen) atoms. The van der Waals surface area contributed by atoms with Gasteiger partial charge in [-0.1, -0.05) is 146 Å². The van der Waals surface area contributed by atoms with E-state index < -0.39 is 10.2 Å². The second kappa shape index (κ2) is 13.6. The molecular weight excluding hydrogens is 769 g/mol. The molecule has 7 heteroatoms. The van der Waals surface area contributed by atoms with Crippen LogP contribution in [0.5, 0.6) is 0 Å². The average molecular weight is 803 g/mol. The Bertz CT molecular complexity index is 3550. The molecule has 1 aliphatic rings. The Morgan fingerprint density at radius 1 is 0.311 bits per heavy atom. The van der Waals surface area contributed by atoms with Gasteiger partial charge in [-0.05, 0) is 94.0 Å². The third-order valence-corrected chi connectivity index (χ3v) is 12.8. The van der Waals surface area contributed by atoms with Crippen molar-refractivity contribution in [2.45, 2.75) is 0 Å². The lowest BCUT2D eigenvalue weighted by Gasteiger charge is -2.10. The largest absolute Gasteiger partial charge is 0.364 e. The lowest BCUT2D eigenvalue weighted by atomic mass is 9.95. The van der Waals surface area contributed by atoms with Gasteiger partial charge in [0.25, 0.3) is 0 Å². The van der Waals surface area contributed by atoms with Crippen molar-refractivity contribution in [2.75, 3.05) is 0 Å². The van der Waals surface area contributed by atoms with E-state index in [2.05, 4.69) is 176 Å². The smallest absolute Gasteiger partial charge is 0.309 e. The van der Waals surface area contributed by atoms with E-state index in [1.54, 1.807) is 0 Å². The fourth-order valence-corrected chi connectivity index (χ4v) is 10.1. The summed E-state index contributed by atoms with van der Waals surface area (Å²) in [4.78, 5) is 0. The molecule has 288 valence electrons. The molecule has 0 fully saturated rings. The van der Waals surface area contributed by atoms with Gasteiger partial charge in [-0.15, -0.1) is 8.80 Å². The second-order valence-electron chi connectivity index (χ2n) is 15.5. The molecule has 0 saturated carbocycles. The van der Waals surface area contributed by atoms with Crippen molar-refractivity contribution >= 4 is 53.8 Å². The zero-order valence-electron chi connectivity index (χ0n) is 32.6. The van der Waals surface area contributed by atoms with Gasteiger partial charge in [-0.2, -0.15) is 8.42 Å². The van der Waals surface area contributed by atoms with Gasteiger partial charge in [0.1, 0.15) is 10.7 Å². The Labute approximate surface area is 351 Å². The first kappa shape index (κ1) is 35.1. The van der Waals surface area contributed by atoms with E-state index in [-0.39, 0.29) is 0 Å². The summed E-state index contributed by atoms with van der Waals surface area (Å²) in [6.45, 7) is 0. The molecule has 0 bridgehead atoms. The number of hydrogen-bond acceptors (Lipinski definition) is 2. The minimum Gasteiger partial charge on any atom is -0.309 e. The summed E-state index contributed by atoms with van der Waals surface area (Å²) < 4.78 is 38.9. The number of nitrogens with zero attached hydrogens (tertiary/aromatic N) is 4. The summed E-state index contributed by atoms with van der Waals surface area (Å²) >= 11 is 0. The van der Waals surface area contributed by atoms with Crippen LogP contribution in [0.25, 0.3) is 99.5 Å². The number of aromatic nitrogens is 2. The monoisotopic (exact) mass is 802 g/mol. The zero-order valence-corrected chi connectivity index (χ0v) is 33.5. The Hall–Kier alpha value is -7.87. The highest BCUT2D eigenvalue weighted by Gasteiger charge is 2.20. The van der Waals surface area contributed by atoms with Crippen LogP contribution >= 0.6 is 0 Å². The fourth-order valence-electron chi connectivity index (χ4n) is 9.18. The molecule has 0 amide bonds. The summed E-state index contributed by atoms with van der Waals surface area (Å²) in [6.07, 6.45) is 0. The van der Waals surface area contributed by atoms with Crippen LogP contribution in [0.1, 0.15) is 0 Å². The Morgan fingerprint density at radius 2 is 0.656 bits per heavy atom. The highest BCUT2D eigenvalue weighted by Crippen LogP contribution is 2.37. The van der Waals surface area contributed by atoms with E-state index in [0.29, 0.717) is 10.7 Å². The standard InChI is InChI=1S/C54H34N4O2S/c59-61(60)55-53-43(37-23-19-35(20-24-37)39-27-31-51-47(33-39)45-15-7-9-17-49(45)57(51)41-11-3-1-4-12-41)29-30-44(54(53)56-61)38-25-21-36(22-26-38)40-28-32-52-48(34-40)46-16-8-10-18-50(46)58(52)42-13-5-2-6-14-42/h1-34H. The van der Waals surface area contributed by atoms with Crippen LogP contribution in [0.15, 0.2) is 215 Å². The summed E-state index contributed by atoms with van der Waals surface area (Å²) in [5.74, 6) is 0. The Balaban J connectivity index is 0.881. The van der Waals surface area contributed by atoms with Crippen molar-refractivity contribution in [3.8, 4) is 55.9 Å². The highest BCUT2D eigenvalue weighted by molar-refractivity contribution is 7.88. The molecular formula is C54H34N4O2S. The topological polar surface area (TPSA) is 68.7 Å². The Kier molecular flexibility index (Phi) is 7.82. The van der Waals surface area contributed by atoms with Crippen molar-refractivity contribution in [1.82, 2.24) is 9.13 Å². The van der Waals surface area contributed by atoms with Gasteiger partial charge < -0.3 is 9.13 Å². The molecule has 12 rings (SSSR count). The first-order valence-corrected chi connectivity index (χ1v) is 21.6. The highest BCUT2D eigenvalue weighted by atomic mass is 32.2. The third-order valence-electron chi connectivity index (χ3n) is 12.0. The zero-order chi connectivity index (χ0) is 40.7. The second-order valence-corrected chi connectivity index (χ2v) is 16.7. The van der Waals surface area contributed by atoms with Gasteiger partial charge in [0.15, 0.2) is 0 Å². The van der Waals surface area contributed by atoms with Crippen LogP contribution in [0.4, 0.5) is 0 Å². The molecule has 0 atom stereocenters. The lowest BCUT2D eigenvalue weighted by molar-refractivity contribution is 0.599.